The van der Waals surface area contributed by atoms with Crippen LogP contribution in [0.5, 0.6) is 0 Å². The van der Waals surface area contributed by atoms with Crippen molar-refractivity contribution in [3.05, 3.63) is 64.6 Å². The molecular formula is C36H44ClFN4O6. The molecule has 2 amide bonds. The molecule has 1 aromatic heterocycles. The predicted molar refractivity (Wildman–Crippen MR) is 181 cm³/mol. The number of anilines is 1. The van der Waals surface area contributed by atoms with Gasteiger partial charge in [0.15, 0.2) is 0 Å². The summed E-state index contributed by atoms with van der Waals surface area (Å²) in [5.74, 6) is -2.44. The SMILES string of the molecule is CCO[C@H]1[C@H](N2CCCCC2)CN(C(=O)Cc2cc(Cl)c(NC(=O)c3c[nH]c4ccccc34)cc2F)[C@@H]1COC1CCC(C(=O)O)CC1. The number of carbonyl (C=O) groups excluding carboxylic acids is 2. The van der Waals surface area contributed by atoms with Crippen molar-refractivity contribution in [1.29, 1.82) is 0 Å². The highest BCUT2D eigenvalue weighted by Gasteiger charge is 2.47. The number of amides is 2. The Hall–Kier alpha value is -3.51. The summed E-state index contributed by atoms with van der Waals surface area (Å²) in [6.45, 7) is 4.98. The summed E-state index contributed by atoms with van der Waals surface area (Å²) in [6.07, 6.45) is 6.81. The minimum atomic E-state index is -0.765. The lowest BCUT2D eigenvalue weighted by Crippen LogP contribution is -2.49. The van der Waals surface area contributed by atoms with Crippen molar-refractivity contribution in [2.75, 3.05) is 38.2 Å². The number of aromatic nitrogens is 1. The average Bonchev–Trinajstić information content (AvgIpc) is 3.69. The first-order valence-electron chi connectivity index (χ1n) is 17.1. The summed E-state index contributed by atoms with van der Waals surface area (Å²) in [5.41, 5.74) is 1.47. The van der Waals surface area contributed by atoms with Crippen molar-refractivity contribution in [3.8, 4) is 0 Å². The number of nitrogens with zero attached hydrogens (tertiary/aromatic N) is 2. The van der Waals surface area contributed by atoms with E-state index in [0.29, 0.717) is 44.4 Å². The monoisotopic (exact) mass is 682 g/mol. The first-order chi connectivity index (χ1) is 23.2. The lowest BCUT2D eigenvalue weighted by Gasteiger charge is -2.36. The molecule has 3 fully saturated rings. The largest absolute Gasteiger partial charge is 0.481 e. The lowest BCUT2D eigenvalue weighted by atomic mass is 9.87. The fourth-order valence-electron chi connectivity index (χ4n) is 7.58. The van der Waals surface area contributed by atoms with Gasteiger partial charge in [0.25, 0.3) is 5.91 Å². The summed E-state index contributed by atoms with van der Waals surface area (Å²) in [5, 5.41) is 13.0. The highest BCUT2D eigenvalue weighted by Crippen LogP contribution is 2.33. The fourth-order valence-corrected chi connectivity index (χ4v) is 7.81. The van der Waals surface area contributed by atoms with Gasteiger partial charge in [0.1, 0.15) is 5.82 Å². The third-order valence-corrected chi connectivity index (χ3v) is 10.5. The van der Waals surface area contributed by atoms with Crippen molar-refractivity contribution in [2.24, 2.45) is 5.92 Å². The maximum Gasteiger partial charge on any atom is 0.306 e. The summed E-state index contributed by atoms with van der Waals surface area (Å²) < 4.78 is 28.3. The molecule has 0 unspecified atom stereocenters. The molecule has 6 rings (SSSR count). The first kappa shape index (κ1) is 34.4. The van der Waals surface area contributed by atoms with Gasteiger partial charge in [0, 0.05) is 30.3 Å². The molecule has 48 heavy (non-hydrogen) atoms. The number of carboxylic acids is 1. The van der Waals surface area contributed by atoms with Crippen molar-refractivity contribution < 1.29 is 33.4 Å². The molecule has 3 heterocycles. The van der Waals surface area contributed by atoms with Crippen LogP contribution in [0.4, 0.5) is 10.1 Å². The van der Waals surface area contributed by atoms with E-state index in [-0.39, 0.29) is 65.4 Å². The normalized spacial score (nSPS) is 25.0. The van der Waals surface area contributed by atoms with Crippen molar-refractivity contribution in [2.45, 2.75) is 82.6 Å². The third kappa shape index (κ3) is 7.54. The van der Waals surface area contributed by atoms with Crippen molar-refractivity contribution in [1.82, 2.24) is 14.8 Å². The van der Waals surface area contributed by atoms with Crippen LogP contribution in [-0.4, -0.2) is 94.8 Å². The smallest absolute Gasteiger partial charge is 0.306 e. The zero-order valence-electron chi connectivity index (χ0n) is 27.3. The minimum absolute atomic E-state index is 0.0129. The highest BCUT2D eigenvalue weighted by molar-refractivity contribution is 6.34. The molecule has 1 aliphatic carbocycles. The van der Waals surface area contributed by atoms with Crippen LogP contribution in [0.15, 0.2) is 42.6 Å². The van der Waals surface area contributed by atoms with Gasteiger partial charge in [-0.05, 0) is 82.3 Å². The number of carbonyl (C=O) groups is 3. The van der Waals surface area contributed by atoms with Crippen LogP contribution in [0, 0.1) is 11.7 Å². The lowest BCUT2D eigenvalue weighted by molar-refractivity contribution is -0.144. The molecule has 0 spiro atoms. The summed E-state index contributed by atoms with van der Waals surface area (Å²) in [7, 11) is 0. The molecule has 10 nitrogen and oxygen atoms in total. The van der Waals surface area contributed by atoms with E-state index in [1.165, 1.54) is 12.5 Å². The Morgan fingerprint density at radius 1 is 1.06 bits per heavy atom. The van der Waals surface area contributed by atoms with Crippen LogP contribution in [0.2, 0.25) is 5.02 Å². The third-order valence-electron chi connectivity index (χ3n) is 10.2. The number of ether oxygens (including phenoxy) is 2. The van der Waals surface area contributed by atoms with Gasteiger partial charge in [0.2, 0.25) is 5.91 Å². The van der Waals surface area contributed by atoms with Gasteiger partial charge in [-0.2, -0.15) is 0 Å². The summed E-state index contributed by atoms with van der Waals surface area (Å²) in [4.78, 5) is 45.8. The second-order valence-electron chi connectivity index (χ2n) is 13.1. The standard InChI is InChI=1S/C36H44ClFN4O6/c1-2-47-34-31(41-14-6-3-7-15-41)20-42(32(34)21-48-24-12-10-22(11-13-24)36(45)46)33(43)17-23-16-27(37)30(18-28(23)38)40-35(44)26-19-39-29-9-5-4-8-25(26)29/h4-5,8-9,16,18-19,22,24,31-32,34,39H,2-3,6-7,10-15,17,20-21H2,1H3,(H,40,44)(H,45,46)/t22?,24?,31-,32-,34+/m1/s1. The van der Waals surface area contributed by atoms with Crippen molar-refractivity contribution in [3.63, 3.8) is 0 Å². The number of benzene rings is 2. The summed E-state index contributed by atoms with van der Waals surface area (Å²) in [6, 6.07) is 9.56. The van der Waals surface area contributed by atoms with E-state index in [2.05, 4.69) is 15.2 Å². The molecule has 3 N–H and O–H groups in total. The number of aliphatic carboxylic acids is 1. The van der Waals surface area contributed by atoms with Crippen LogP contribution in [0.3, 0.4) is 0 Å². The highest BCUT2D eigenvalue weighted by atomic mass is 35.5. The Morgan fingerprint density at radius 2 is 1.81 bits per heavy atom. The summed E-state index contributed by atoms with van der Waals surface area (Å²) >= 11 is 6.55. The van der Waals surface area contributed by atoms with E-state index in [9.17, 15) is 19.5 Å². The van der Waals surface area contributed by atoms with Crippen LogP contribution in [0.25, 0.3) is 10.9 Å². The second-order valence-corrected chi connectivity index (χ2v) is 13.6. The molecule has 2 aromatic carbocycles. The minimum Gasteiger partial charge on any atom is -0.481 e. The first-order valence-corrected chi connectivity index (χ1v) is 17.5. The van der Waals surface area contributed by atoms with Gasteiger partial charge in [-0.25, -0.2) is 4.39 Å². The van der Waals surface area contributed by atoms with E-state index in [4.69, 9.17) is 21.1 Å². The number of H-pyrrole nitrogens is 1. The Labute approximate surface area is 284 Å². The number of fused-ring (bicyclic) bond motifs is 1. The number of piperidine rings is 1. The molecule has 3 atom stereocenters. The average molecular weight is 683 g/mol. The molecule has 2 saturated heterocycles. The number of likely N-dealkylation sites (tertiary alicyclic amines) is 2. The van der Waals surface area contributed by atoms with E-state index in [1.807, 2.05) is 31.2 Å². The number of hydrogen-bond donors (Lipinski definition) is 3. The van der Waals surface area contributed by atoms with Gasteiger partial charge in [0.05, 0.1) is 59.5 Å². The number of rotatable bonds is 11. The Morgan fingerprint density at radius 3 is 2.54 bits per heavy atom. The maximum atomic E-state index is 15.6. The fraction of sp³-hybridized carbons (Fsp3) is 0.528. The van der Waals surface area contributed by atoms with E-state index in [1.54, 1.807) is 11.1 Å². The van der Waals surface area contributed by atoms with E-state index < -0.39 is 17.7 Å². The number of nitrogens with one attached hydrogen (secondary N) is 2. The molecule has 0 bridgehead atoms. The molecule has 258 valence electrons. The Balaban J connectivity index is 1.17. The van der Waals surface area contributed by atoms with Gasteiger partial charge in [-0.3, -0.25) is 19.3 Å². The number of hydrogen-bond acceptors (Lipinski definition) is 6. The van der Waals surface area contributed by atoms with E-state index in [0.717, 1.165) is 42.9 Å². The number of para-hydroxylation sites is 1. The Bertz CT molecular complexity index is 1620. The van der Waals surface area contributed by atoms with Crippen LogP contribution in [-0.2, 0) is 25.5 Å². The molecule has 12 heteroatoms. The van der Waals surface area contributed by atoms with Crippen LogP contribution < -0.4 is 5.32 Å². The maximum absolute atomic E-state index is 15.6. The van der Waals surface area contributed by atoms with Gasteiger partial charge < -0.3 is 29.8 Å². The van der Waals surface area contributed by atoms with Crippen LogP contribution >= 0.6 is 11.6 Å². The molecule has 2 aliphatic heterocycles. The number of halogens is 2. The van der Waals surface area contributed by atoms with Gasteiger partial charge >= 0.3 is 5.97 Å². The van der Waals surface area contributed by atoms with Gasteiger partial charge in [-0.15, -0.1) is 0 Å². The quantitative estimate of drug-likeness (QED) is 0.231. The molecule has 1 saturated carbocycles. The zero-order chi connectivity index (χ0) is 33.8. The zero-order valence-corrected chi connectivity index (χ0v) is 28.0. The number of aromatic amines is 1. The Kier molecular flexibility index (Phi) is 11.0. The van der Waals surface area contributed by atoms with Gasteiger partial charge in [-0.1, -0.05) is 36.2 Å². The topological polar surface area (TPSA) is 124 Å². The van der Waals surface area contributed by atoms with E-state index >= 15 is 4.39 Å². The predicted octanol–water partition coefficient (Wildman–Crippen LogP) is 5.89. The van der Waals surface area contributed by atoms with Crippen LogP contribution in [0.1, 0.15) is 67.8 Å². The molecule has 0 radical (unpaired) electrons. The number of carboxylic acid groups (broad SMARTS) is 1. The molecule has 3 aliphatic rings. The van der Waals surface area contributed by atoms with Crippen molar-refractivity contribution >= 4 is 46.0 Å². The molecular weight excluding hydrogens is 639 g/mol. The molecule has 3 aromatic rings. The second kappa shape index (κ2) is 15.4.